The van der Waals surface area contributed by atoms with Crippen LogP contribution in [0.5, 0.6) is 0 Å². The lowest BCUT2D eigenvalue weighted by atomic mass is 10.1. The summed E-state index contributed by atoms with van der Waals surface area (Å²) in [5, 5.41) is 3.18. The number of rotatable bonds is 5. The van der Waals surface area contributed by atoms with Crippen LogP contribution in [0.2, 0.25) is 0 Å². The van der Waals surface area contributed by atoms with Gasteiger partial charge in [-0.2, -0.15) is 0 Å². The molecule has 1 heterocycles. The van der Waals surface area contributed by atoms with E-state index in [9.17, 15) is 8.42 Å². The highest BCUT2D eigenvalue weighted by atomic mass is 32.2. The zero-order valence-corrected chi connectivity index (χ0v) is 14.7. The van der Waals surface area contributed by atoms with Gasteiger partial charge in [-0.25, -0.2) is 18.4 Å². The third-order valence-electron chi connectivity index (χ3n) is 3.54. The molecule has 0 aliphatic carbocycles. The fourth-order valence-electron chi connectivity index (χ4n) is 2.35. The molecule has 0 unspecified atom stereocenters. The van der Waals surface area contributed by atoms with Crippen LogP contribution in [0.1, 0.15) is 5.56 Å². The molecule has 2 aromatic carbocycles. The Morgan fingerprint density at radius 3 is 2.44 bits per heavy atom. The summed E-state index contributed by atoms with van der Waals surface area (Å²) in [7, 11) is -3.34. The Labute approximate surface area is 147 Å². The van der Waals surface area contributed by atoms with Crippen molar-refractivity contribution < 1.29 is 8.42 Å². The lowest BCUT2D eigenvalue weighted by Crippen LogP contribution is -2.10. The molecule has 0 amide bonds. The van der Waals surface area contributed by atoms with Gasteiger partial charge >= 0.3 is 0 Å². The molecule has 3 aromatic rings. The number of nitrogens with one attached hydrogen (secondary N) is 2. The molecule has 0 spiro atoms. The second kappa shape index (κ2) is 6.90. The van der Waals surface area contributed by atoms with E-state index in [4.69, 9.17) is 0 Å². The standard InChI is InChI=1S/C18H18N4O2S/c1-13-8-9-15(10-16(13)22-25(2,23)24)21-18-11-17(19-12-20-18)14-6-4-3-5-7-14/h3-12,22H,1-2H3,(H,19,20,21). The molecule has 0 bridgehead atoms. The molecule has 0 aliphatic heterocycles. The molecular weight excluding hydrogens is 336 g/mol. The van der Waals surface area contributed by atoms with E-state index in [0.29, 0.717) is 11.5 Å². The Hall–Kier alpha value is -2.93. The molecule has 0 saturated heterocycles. The van der Waals surface area contributed by atoms with Crippen LogP contribution in [0.3, 0.4) is 0 Å². The summed E-state index contributed by atoms with van der Waals surface area (Å²) in [4.78, 5) is 8.51. The highest BCUT2D eigenvalue weighted by molar-refractivity contribution is 7.92. The highest BCUT2D eigenvalue weighted by Gasteiger charge is 2.07. The van der Waals surface area contributed by atoms with E-state index < -0.39 is 10.0 Å². The molecular formula is C18H18N4O2S. The van der Waals surface area contributed by atoms with E-state index in [2.05, 4.69) is 20.0 Å². The number of sulfonamides is 1. The van der Waals surface area contributed by atoms with Gasteiger partial charge in [0.25, 0.3) is 0 Å². The fourth-order valence-corrected chi connectivity index (χ4v) is 2.97. The number of benzene rings is 2. The van der Waals surface area contributed by atoms with Crippen molar-refractivity contribution in [2.24, 2.45) is 0 Å². The van der Waals surface area contributed by atoms with Crippen LogP contribution in [0.15, 0.2) is 60.9 Å². The first-order valence-corrected chi connectivity index (χ1v) is 9.53. The van der Waals surface area contributed by atoms with Gasteiger partial charge in [0.1, 0.15) is 12.1 Å². The van der Waals surface area contributed by atoms with E-state index in [1.54, 1.807) is 6.07 Å². The number of aromatic nitrogens is 2. The van der Waals surface area contributed by atoms with Crippen molar-refractivity contribution in [2.45, 2.75) is 6.92 Å². The lowest BCUT2D eigenvalue weighted by Gasteiger charge is -2.12. The maximum atomic E-state index is 11.5. The largest absolute Gasteiger partial charge is 0.340 e. The first-order valence-electron chi connectivity index (χ1n) is 7.64. The minimum atomic E-state index is -3.34. The molecule has 2 N–H and O–H groups in total. The van der Waals surface area contributed by atoms with Gasteiger partial charge in [0.05, 0.1) is 17.6 Å². The predicted octanol–water partition coefficient (Wildman–Crippen LogP) is 3.57. The third kappa shape index (κ3) is 4.54. The Morgan fingerprint density at radius 1 is 0.960 bits per heavy atom. The SMILES string of the molecule is Cc1ccc(Nc2cc(-c3ccccc3)ncn2)cc1NS(C)(=O)=O. The smallest absolute Gasteiger partial charge is 0.229 e. The summed E-state index contributed by atoms with van der Waals surface area (Å²) in [5.74, 6) is 0.628. The predicted molar refractivity (Wildman–Crippen MR) is 100 cm³/mol. The van der Waals surface area contributed by atoms with Crippen molar-refractivity contribution in [3.05, 3.63) is 66.5 Å². The van der Waals surface area contributed by atoms with Gasteiger partial charge in [-0.15, -0.1) is 0 Å². The minimum Gasteiger partial charge on any atom is -0.340 e. The third-order valence-corrected chi connectivity index (χ3v) is 4.13. The van der Waals surface area contributed by atoms with Gasteiger partial charge < -0.3 is 5.32 Å². The number of hydrogen-bond acceptors (Lipinski definition) is 5. The van der Waals surface area contributed by atoms with Crippen molar-refractivity contribution in [1.29, 1.82) is 0 Å². The van der Waals surface area contributed by atoms with E-state index in [0.717, 1.165) is 28.8 Å². The molecule has 6 nitrogen and oxygen atoms in total. The first kappa shape index (κ1) is 16.9. The van der Waals surface area contributed by atoms with E-state index in [-0.39, 0.29) is 0 Å². The monoisotopic (exact) mass is 354 g/mol. The molecule has 7 heteroatoms. The Kier molecular flexibility index (Phi) is 4.67. The van der Waals surface area contributed by atoms with Crippen molar-refractivity contribution in [3.63, 3.8) is 0 Å². The van der Waals surface area contributed by atoms with Gasteiger partial charge in [-0.05, 0) is 24.6 Å². The molecule has 128 valence electrons. The van der Waals surface area contributed by atoms with E-state index in [1.807, 2.05) is 55.5 Å². The van der Waals surface area contributed by atoms with Gasteiger partial charge in [-0.3, -0.25) is 4.72 Å². The molecule has 0 aliphatic rings. The maximum absolute atomic E-state index is 11.5. The zero-order chi connectivity index (χ0) is 17.9. The summed E-state index contributed by atoms with van der Waals surface area (Å²) < 4.78 is 25.5. The minimum absolute atomic E-state index is 0.532. The maximum Gasteiger partial charge on any atom is 0.229 e. The van der Waals surface area contributed by atoms with Gasteiger partial charge in [0, 0.05) is 17.3 Å². The molecule has 0 fully saturated rings. The summed E-state index contributed by atoms with van der Waals surface area (Å²) in [6.07, 6.45) is 2.62. The second-order valence-corrected chi connectivity index (χ2v) is 7.43. The highest BCUT2D eigenvalue weighted by Crippen LogP contribution is 2.25. The van der Waals surface area contributed by atoms with Crippen LogP contribution in [-0.2, 0) is 10.0 Å². The Bertz CT molecular complexity index is 989. The number of aryl methyl sites for hydroxylation is 1. The second-order valence-electron chi connectivity index (χ2n) is 5.68. The number of nitrogens with zero attached hydrogens (tertiary/aromatic N) is 2. The topological polar surface area (TPSA) is 84.0 Å². The normalized spacial score (nSPS) is 11.1. The number of hydrogen-bond donors (Lipinski definition) is 2. The van der Waals surface area contributed by atoms with Crippen LogP contribution in [0.25, 0.3) is 11.3 Å². The van der Waals surface area contributed by atoms with Crippen molar-refractivity contribution in [2.75, 3.05) is 16.3 Å². The van der Waals surface area contributed by atoms with Crippen LogP contribution in [0, 0.1) is 6.92 Å². The van der Waals surface area contributed by atoms with Gasteiger partial charge in [0.15, 0.2) is 0 Å². The van der Waals surface area contributed by atoms with Crippen LogP contribution in [0.4, 0.5) is 17.2 Å². The average Bonchev–Trinajstić information content (AvgIpc) is 2.58. The molecule has 3 rings (SSSR count). The van der Waals surface area contributed by atoms with Crippen molar-refractivity contribution >= 4 is 27.2 Å². The Balaban J connectivity index is 1.87. The average molecular weight is 354 g/mol. The lowest BCUT2D eigenvalue weighted by molar-refractivity contribution is 0.607. The molecule has 0 radical (unpaired) electrons. The van der Waals surface area contributed by atoms with E-state index in [1.165, 1.54) is 6.33 Å². The van der Waals surface area contributed by atoms with Crippen LogP contribution < -0.4 is 10.0 Å². The van der Waals surface area contributed by atoms with Crippen molar-refractivity contribution in [3.8, 4) is 11.3 Å². The van der Waals surface area contributed by atoms with Gasteiger partial charge in [-0.1, -0.05) is 36.4 Å². The Morgan fingerprint density at radius 2 is 1.72 bits per heavy atom. The molecule has 25 heavy (non-hydrogen) atoms. The van der Waals surface area contributed by atoms with E-state index >= 15 is 0 Å². The summed E-state index contributed by atoms with van der Waals surface area (Å²) >= 11 is 0. The summed E-state index contributed by atoms with van der Waals surface area (Å²) in [6.45, 7) is 1.84. The zero-order valence-electron chi connectivity index (χ0n) is 13.9. The first-order chi connectivity index (χ1) is 11.9. The summed E-state index contributed by atoms with van der Waals surface area (Å²) in [6, 6.07) is 17.1. The molecule has 0 atom stereocenters. The fraction of sp³-hybridized carbons (Fsp3) is 0.111. The molecule has 0 saturated carbocycles. The van der Waals surface area contributed by atoms with Crippen LogP contribution >= 0.6 is 0 Å². The molecule has 1 aromatic heterocycles. The van der Waals surface area contributed by atoms with Crippen LogP contribution in [-0.4, -0.2) is 24.6 Å². The van der Waals surface area contributed by atoms with Gasteiger partial charge in [0.2, 0.25) is 10.0 Å². The number of anilines is 3. The quantitative estimate of drug-likeness (QED) is 0.732. The summed E-state index contributed by atoms with van der Waals surface area (Å²) in [5.41, 5.74) is 3.90. The van der Waals surface area contributed by atoms with Crippen molar-refractivity contribution in [1.82, 2.24) is 9.97 Å².